The lowest BCUT2D eigenvalue weighted by Gasteiger charge is -2.31. The molecule has 7 heteroatoms. The molecular weight excluding hydrogens is 298 g/mol. The van der Waals surface area contributed by atoms with Gasteiger partial charge in [-0.1, -0.05) is 0 Å². The summed E-state index contributed by atoms with van der Waals surface area (Å²) in [6, 6.07) is 3.59. The predicted octanol–water partition coefficient (Wildman–Crippen LogP) is 1.43. The fourth-order valence-corrected chi connectivity index (χ4v) is 2.68. The maximum absolute atomic E-state index is 12.0. The number of carbonyl (C=O) groups is 3. The lowest BCUT2D eigenvalue weighted by Crippen LogP contribution is -2.46. The molecule has 0 aliphatic carbocycles. The highest BCUT2D eigenvalue weighted by Gasteiger charge is 2.24. The molecular formula is C16H23N3O4. The standard InChI is InChI=1S/C16H23N3O4/c1-2-23-16(22)19-9-5-13(6-10-19)17-15(21)7-11-18-8-3-4-14(18)12-20/h3-4,8,12-13H,2,5-7,9-11H2,1H3,(H,17,21). The first-order valence-corrected chi connectivity index (χ1v) is 7.95. The van der Waals surface area contributed by atoms with Crippen LogP contribution in [0.3, 0.4) is 0 Å². The van der Waals surface area contributed by atoms with Gasteiger partial charge in [-0.25, -0.2) is 4.79 Å². The molecule has 0 aromatic carbocycles. The zero-order valence-electron chi connectivity index (χ0n) is 13.4. The Bertz CT molecular complexity index is 547. The van der Waals surface area contributed by atoms with E-state index in [1.54, 1.807) is 34.7 Å². The van der Waals surface area contributed by atoms with E-state index in [9.17, 15) is 14.4 Å². The van der Waals surface area contributed by atoms with Crippen molar-refractivity contribution < 1.29 is 19.1 Å². The summed E-state index contributed by atoms with van der Waals surface area (Å²) in [6.07, 6.45) is 4.07. The van der Waals surface area contributed by atoms with Gasteiger partial charge in [-0.3, -0.25) is 9.59 Å². The first kappa shape index (κ1) is 17.1. The van der Waals surface area contributed by atoms with Gasteiger partial charge in [0.1, 0.15) is 0 Å². The number of amides is 2. The summed E-state index contributed by atoms with van der Waals surface area (Å²) in [5.41, 5.74) is 0.570. The third kappa shape index (κ3) is 4.84. The second kappa shape index (κ2) is 8.36. The van der Waals surface area contributed by atoms with Crippen LogP contribution in [0.1, 0.15) is 36.7 Å². The van der Waals surface area contributed by atoms with Crippen LogP contribution < -0.4 is 5.32 Å². The topological polar surface area (TPSA) is 80.6 Å². The van der Waals surface area contributed by atoms with Crippen LogP contribution in [0.2, 0.25) is 0 Å². The molecule has 0 atom stereocenters. The number of aldehydes is 1. The Hall–Kier alpha value is -2.31. The molecule has 0 radical (unpaired) electrons. The van der Waals surface area contributed by atoms with Crippen LogP contribution in [0.5, 0.6) is 0 Å². The monoisotopic (exact) mass is 321 g/mol. The van der Waals surface area contributed by atoms with E-state index in [1.165, 1.54) is 0 Å². The van der Waals surface area contributed by atoms with Crippen molar-refractivity contribution >= 4 is 18.3 Å². The minimum absolute atomic E-state index is 0.0369. The number of carbonyl (C=O) groups excluding carboxylic acids is 3. The van der Waals surface area contributed by atoms with Crippen LogP contribution >= 0.6 is 0 Å². The number of aromatic nitrogens is 1. The molecule has 0 spiro atoms. The molecule has 7 nitrogen and oxygen atoms in total. The molecule has 23 heavy (non-hydrogen) atoms. The van der Waals surface area contributed by atoms with E-state index in [2.05, 4.69) is 5.32 Å². The fraction of sp³-hybridized carbons (Fsp3) is 0.562. The molecule has 1 aromatic heterocycles. The van der Waals surface area contributed by atoms with Gasteiger partial charge in [0.2, 0.25) is 5.91 Å². The van der Waals surface area contributed by atoms with Gasteiger partial charge in [0.25, 0.3) is 0 Å². The second-order valence-corrected chi connectivity index (χ2v) is 5.52. The van der Waals surface area contributed by atoms with Gasteiger partial charge in [-0.2, -0.15) is 0 Å². The Morgan fingerprint density at radius 2 is 2.13 bits per heavy atom. The van der Waals surface area contributed by atoms with Crippen molar-refractivity contribution in [2.24, 2.45) is 0 Å². The van der Waals surface area contributed by atoms with Crippen molar-refractivity contribution in [1.29, 1.82) is 0 Å². The van der Waals surface area contributed by atoms with Crippen molar-refractivity contribution in [2.45, 2.75) is 38.8 Å². The van der Waals surface area contributed by atoms with E-state index in [4.69, 9.17) is 4.74 Å². The average molecular weight is 321 g/mol. The maximum atomic E-state index is 12.0. The quantitative estimate of drug-likeness (QED) is 0.804. The number of hydrogen-bond donors (Lipinski definition) is 1. The van der Waals surface area contributed by atoms with Gasteiger partial charge >= 0.3 is 6.09 Å². The number of nitrogens with zero attached hydrogens (tertiary/aromatic N) is 2. The molecule has 1 fully saturated rings. The highest BCUT2D eigenvalue weighted by molar-refractivity contribution is 5.76. The molecule has 2 amide bonds. The van der Waals surface area contributed by atoms with E-state index in [0.717, 1.165) is 19.1 Å². The molecule has 2 heterocycles. The molecule has 1 aliphatic heterocycles. The largest absolute Gasteiger partial charge is 0.450 e. The number of hydrogen-bond acceptors (Lipinski definition) is 4. The number of nitrogens with one attached hydrogen (secondary N) is 1. The zero-order valence-corrected chi connectivity index (χ0v) is 13.4. The summed E-state index contributed by atoms with van der Waals surface area (Å²) in [7, 11) is 0. The Morgan fingerprint density at radius 1 is 1.39 bits per heavy atom. The first-order chi connectivity index (χ1) is 11.1. The molecule has 2 rings (SSSR count). The van der Waals surface area contributed by atoms with Crippen molar-refractivity contribution in [3.63, 3.8) is 0 Å². The molecule has 1 saturated heterocycles. The molecule has 1 N–H and O–H groups in total. The average Bonchev–Trinajstić information content (AvgIpc) is 3.01. The predicted molar refractivity (Wildman–Crippen MR) is 84.2 cm³/mol. The third-order valence-electron chi connectivity index (χ3n) is 3.95. The van der Waals surface area contributed by atoms with E-state index >= 15 is 0 Å². The Morgan fingerprint density at radius 3 is 2.78 bits per heavy atom. The van der Waals surface area contributed by atoms with E-state index in [-0.39, 0.29) is 18.0 Å². The van der Waals surface area contributed by atoms with E-state index in [0.29, 0.717) is 38.4 Å². The summed E-state index contributed by atoms with van der Waals surface area (Å²) in [5, 5.41) is 2.99. The van der Waals surface area contributed by atoms with Crippen LogP contribution in [-0.4, -0.2) is 53.5 Å². The second-order valence-electron chi connectivity index (χ2n) is 5.52. The number of rotatable bonds is 6. The summed E-state index contributed by atoms with van der Waals surface area (Å²) in [4.78, 5) is 36.1. The van der Waals surface area contributed by atoms with Gasteiger partial charge in [0.15, 0.2) is 6.29 Å². The maximum Gasteiger partial charge on any atom is 0.409 e. The number of ether oxygens (including phenoxy) is 1. The first-order valence-electron chi connectivity index (χ1n) is 7.95. The van der Waals surface area contributed by atoms with Crippen LogP contribution in [0.4, 0.5) is 4.79 Å². The van der Waals surface area contributed by atoms with Crippen molar-refractivity contribution in [3.05, 3.63) is 24.0 Å². The number of aryl methyl sites for hydroxylation is 1. The molecule has 0 bridgehead atoms. The van der Waals surface area contributed by atoms with Crippen molar-refractivity contribution in [2.75, 3.05) is 19.7 Å². The van der Waals surface area contributed by atoms with Crippen LogP contribution in [0, 0.1) is 0 Å². The lowest BCUT2D eigenvalue weighted by atomic mass is 10.1. The molecule has 0 unspecified atom stereocenters. The normalized spacial score (nSPS) is 15.3. The van der Waals surface area contributed by atoms with E-state index in [1.807, 2.05) is 0 Å². The SMILES string of the molecule is CCOC(=O)N1CCC(NC(=O)CCn2cccc2C=O)CC1. The van der Waals surface area contributed by atoms with Gasteiger partial charge in [0, 0.05) is 38.3 Å². The summed E-state index contributed by atoms with van der Waals surface area (Å²) in [6.45, 7) is 3.82. The molecule has 1 aliphatic rings. The van der Waals surface area contributed by atoms with Crippen LogP contribution in [0.15, 0.2) is 18.3 Å². The van der Waals surface area contributed by atoms with Gasteiger partial charge in [-0.05, 0) is 31.9 Å². The number of likely N-dealkylation sites (tertiary alicyclic amines) is 1. The Kier molecular flexibility index (Phi) is 6.19. The van der Waals surface area contributed by atoms with Gasteiger partial charge in [0.05, 0.1) is 12.3 Å². The minimum Gasteiger partial charge on any atom is -0.450 e. The smallest absolute Gasteiger partial charge is 0.409 e. The van der Waals surface area contributed by atoms with Crippen molar-refractivity contribution in [3.8, 4) is 0 Å². The van der Waals surface area contributed by atoms with Gasteiger partial charge < -0.3 is 19.5 Å². The lowest BCUT2D eigenvalue weighted by molar-refractivity contribution is -0.122. The fourth-order valence-electron chi connectivity index (χ4n) is 2.68. The van der Waals surface area contributed by atoms with Crippen LogP contribution in [-0.2, 0) is 16.1 Å². The zero-order chi connectivity index (χ0) is 16.7. The van der Waals surface area contributed by atoms with Crippen molar-refractivity contribution in [1.82, 2.24) is 14.8 Å². The number of piperidine rings is 1. The highest BCUT2D eigenvalue weighted by Crippen LogP contribution is 2.12. The van der Waals surface area contributed by atoms with E-state index < -0.39 is 0 Å². The Balaban J connectivity index is 1.70. The van der Waals surface area contributed by atoms with Crippen LogP contribution in [0.25, 0.3) is 0 Å². The highest BCUT2D eigenvalue weighted by atomic mass is 16.6. The summed E-state index contributed by atoms with van der Waals surface area (Å²) >= 11 is 0. The molecule has 126 valence electrons. The summed E-state index contributed by atoms with van der Waals surface area (Å²) < 4.78 is 6.73. The molecule has 1 aromatic rings. The third-order valence-corrected chi connectivity index (χ3v) is 3.95. The van der Waals surface area contributed by atoms with Gasteiger partial charge in [-0.15, -0.1) is 0 Å². The molecule has 0 saturated carbocycles. The summed E-state index contributed by atoms with van der Waals surface area (Å²) in [5.74, 6) is -0.0369. The Labute approximate surface area is 135 Å². The minimum atomic E-state index is -0.286.